The van der Waals surface area contributed by atoms with Crippen molar-refractivity contribution in [3.63, 3.8) is 0 Å². The van der Waals surface area contributed by atoms with Gasteiger partial charge in [-0.3, -0.25) is 14.1 Å². The summed E-state index contributed by atoms with van der Waals surface area (Å²) < 4.78 is 22.6. The predicted molar refractivity (Wildman–Crippen MR) is 114 cm³/mol. The molecule has 0 saturated carbocycles. The number of aromatic amines is 1. The lowest BCUT2D eigenvalue weighted by Gasteiger charge is -2.28. The molecule has 1 aliphatic carbocycles. The zero-order valence-electron chi connectivity index (χ0n) is 17.8. The van der Waals surface area contributed by atoms with Crippen molar-refractivity contribution in [2.45, 2.75) is 19.3 Å². The lowest BCUT2D eigenvalue weighted by Crippen LogP contribution is -2.40. The standard InChI is InChI=1S/C24H20N2O7/c1-2-30-23(28)21-17(14-8-9-19-20(12-14)32-13-31-19)10-15(11-18(21)27)22-24(29)33-25-26(22)16-6-4-3-5-7-16/h3-9,11-12,17,21H,2,10,13H2,1H3/p+1. The fourth-order valence-electron chi connectivity index (χ4n) is 4.31. The molecule has 2 heterocycles. The molecule has 2 atom stereocenters. The average Bonchev–Trinajstić information content (AvgIpc) is 3.45. The number of fused-ring (bicyclic) bond motifs is 1. The van der Waals surface area contributed by atoms with Crippen LogP contribution in [-0.4, -0.2) is 30.4 Å². The van der Waals surface area contributed by atoms with Gasteiger partial charge in [0.2, 0.25) is 12.5 Å². The van der Waals surface area contributed by atoms with Gasteiger partial charge in [0.05, 0.1) is 6.61 Å². The van der Waals surface area contributed by atoms with Crippen LogP contribution in [0.1, 0.15) is 30.5 Å². The third kappa shape index (κ3) is 3.71. The molecule has 3 aromatic rings. The first-order valence-corrected chi connectivity index (χ1v) is 10.6. The second-order valence-corrected chi connectivity index (χ2v) is 7.73. The van der Waals surface area contributed by atoms with E-state index in [2.05, 4.69) is 5.27 Å². The van der Waals surface area contributed by atoms with Gasteiger partial charge < -0.3 is 14.2 Å². The molecule has 168 valence electrons. The minimum atomic E-state index is -1.04. The maximum Gasteiger partial charge on any atom is 0.435 e. The summed E-state index contributed by atoms with van der Waals surface area (Å²) in [4.78, 5) is 38.6. The Morgan fingerprint density at radius 3 is 2.70 bits per heavy atom. The molecule has 2 aliphatic rings. The van der Waals surface area contributed by atoms with Crippen LogP contribution in [0.5, 0.6) is 11.5 Å². The number of nitrogens with one attached hydrogen (secondary N) is 1. The van der Waals surface area contributed by atoms with Gasteiger partial charge in [-0.15, -0.1) is 0 Å². The van der Waals surface area contributed by atoms with E-state index in [1.54, 1.807) is 37.3 Å². The summed E-state index contributed by atoms with van der Waals surface area (Å²) in [6.45, 7) is 1.95. The number of ether oxygens (including phenoxy) is 3. The highest BCUT2D eigenvalue weighted by atomic mass is 16.7. The number of H-pyrrole nitrogens is 1. The Bertz CT molecular complexity index is 1310. The Balaban J connectivity index is 1.60. The number of aromatic nitrogens is 2. The molecule has 9 nitrogen and oxygen atoms in total. The van der Waals surface area contributed by atoms with Crippen molar-refractivity contribution in [2.24, 2.45) is 5.92 Å². The highest BCUT2D eigenvalue weighted by Crippen LogP contribution is 2.42. The molecule has 2 unspecified atom stereocenters. The molecule has 0 amide bonds. The molecule has 9 heteroatoms. The molecule has 0 radical (unpaired) electrons. The van der Waals surface area contributed by atoms with Crippen LogP contribution in [0.25, 0.3) is 11.3 Å². The van der Waals surface area contributed by atoms with E-state index in [9.17, 15) is 14.4 Å². The molecule has 2 aromatic carbocycles. The number of para-hydroxylation sites is 1. The monoisotopic (exact) mass is 449 g/mol. The summed E-state index contributed by atoms with van der Waals surface area (Å²) >= 11 is 0. The lowest BCUT2D eigenvalue weighted by molar-refractivity contribution is -0.672. The van der Waals surface area contributed by atoms with Crippen LogP contribution in [0, 0.1) is 5.92 Å². The van der Waals surface area contributed by atoms with Crippen LogP contribution in [0.2, 0.25) is 0 Å². The van der Waals surface area contributed by atoms with E-state index >= 15 is 0 Å². The van der Waals surface area contributed by atoms with Gasteiger partial charge in [-0.05, 0) is 47.1 Å². The second kappa shape index (κ2) is 8.42. The quantitative estimate of drug-likeness (QED) is 0.361. The van der Waals surface area contributed by atoms with E-state index in [4.69, 9.17) is 18.7 Å². The van der Waals surface area contributed by atoms with Gasteiger partial charge in [-0.25, -0.2) is 4.79 Å². The number of nitrogens with zero attached hydrogens (tertiary/aromatic N) is 1. The van der Waals surface area contributed by atoms with E-state index in [1.807, 2.05) is 18.2 Å². The maximum absolute atomic E-state index is 13.2. The fourth-order valence-corrected chi connectivity index (χ4v) is 4.31. The van der Waals surface area contributed by atoms with Gasteiger partial charge in [-0.2, -0.15) is 0 Å². The van der Waals surface area contributed by atoms with Crippen molar-refractivity contribution in [1.82, 2.24) is 5.27 Å². The van der Waals surface area contributed by atoms with Crippen LogP contribution in [0.15, 0.2) is 63.9 Å². The number of benzene rings is 2. The van der Waals surface area contributed by atoms with Gasteiger partial charge >= 0.3 is 17.3 Å². The molecule has 1 aliphatic heterocycles. The van der Waals surface area contributed by atoms with Crippen molar-refractivity contribution < 1.29 is 33.0 Å². The van der Waals surface area contributed by atoms with Gasteiger partial charge in [0.25, 0.3) is 0 Å². The van der Waals surface area contributed by atoms with Crippen molar-refractivity contribution in [3.05, 3.63) is 76.3 Å². The van der Waals surface area contributed by atoms with Crippen molar-refractivity contribution >= 4 is 17.3 Å². The first-order chi connectivity index (χ1) is 16.1. The Morgan fingerprint density at radius 1 is 1.12 bits per heavy atom. The van der Waals surface area contributed by atoms with E-state index in [-0.39, 0.29) is 25.5 Å². The van der Waals surface area contributed by atoms with E-state index in [1.165, 1.54) is 10.8 Å². The highest BCUT2D eigenvalue weighted by molar-refractivity contribution is 6.10. The Morgan fingerprint density at radius 2 is 1.91 bits per heavy atom. The molecule has 5 rings (SSSR count). The number of ketones is 1. The number of hydrogen-bond donors (Lipinski definition) is 1. The Labute approximate surface area is 188 Å². The second-order valence-electron chi connectivity index (χ2n) is 7.73. The number of esters is 1. The summed E-state index contributed by atoms with van der Waals surface area (Å²) in [6, 6.07) is 14.4. The predicted octanol–water partition coefficient (Wildman–Crippen LogP) is 2.29. The summed E-state index contributed by atoms with van der Waals surface area (Å²) in [5.41, 5.74) is 1.42. The van der Waals surface area contributed by atoms with Gasteiger partial charge in [0.15, 0.2) is 17.3 Å². The number of hydrogen-bond acceptors (Lipinski definition) is 7. The number of carbonyl (C=O) groups is 2. The highest BCUT2D eigenvalue weighted by Gasteiger charge is 2.43. The minimum Gasteiger partial charge on any atom is -0.465 e. The molecule has 0 saturated heterocycles. The summed E-state index contributed by atoms with van der Waals surface area (Å²) in [6.07, 6.45) is 1.58. The topological polar surface area (TPSA) is 112 Å². The molecule has 0 spiro atoms. The van der Waals surface area contributed by atoms with E-state index in [0.29, 0.717) is 28.3 Å². The molecule has 0 bridgehead atoms. The number of rotatable bonds is 5. The van der Waals surface area contributed by atoms with Crippen LogP contribution in [-0.2, 0) is 14.3 Å². The smallest absolute Gasteiger partial charge is 0.435 e. The molecule has 33 heavy (non-hydrogen) atoms. The first kappa shape index (κ1) is 20.7. The van der Waals surface area contributed by atoms with Crippen LogP contribution >= 0.6 is 0 Å². The first-order valence-electron chi connectivity index (χ1n) is 10.6. The largest absolute Gasteiger partial charge is 0.465 e. The molecule has 0 fully saturated rings. The van der Waals surface area contributed by atoms with E-state index in [0.717, 1.165) is 0 Å². The average molecular weight is 449 g/mol. The molecule has 1 aromatic heterocycles. The van der Waals surface area contributed by atoms with Crippen molar-refractivity contribution in [1.29, 1.82) is 0 Å². The van der Waals surface area contributed by atoms with Gasteiger partial charge in [-0.1, -0.05) is 24.3 Å². The maximum atomic E-state index is 13.2. The minimum absolute atomic E-state index is 0.107. The molecular formula is C24H21N2O7+. The van der Waals surface area contributed by atoms with Gasteiger partial charge in [0.1, 0.15) is 5.92 Å². The molecular weight excluding hydrogens is 428 g/mol. The normalized spacial score (nSPS) is 19.3. The zero-order chi connectivity index (χ0) is 22.9. The van der Waals surface area contributed by atoms with Crippen LogP contribution < -0.4 is 19.8 Å². The van der Waals surface area contributed by atoms with Crippen LogP contribution in [0.4, 0.5) is 0 Å². The summed E-state index contributed by atoms with van der Waals surface area (Å²) in [5, 5.41) is 2.59. The zero-order valence-corrected chi connectivity index (χ0v) is 17.8. The Hall–Kier alpha value is -4.14. The third-order valence-electron chi connectivity index (χ3n) is 5.80. The van der Waals surface area contributed by atoms with Crippen molar-refractivity contribution in [3.8, 4) is 17.2 Å². The SMILES string of the molecule is CCOC(=O)C1C(=O)C=C(c2c(=O)o[nH][n+]2-c2ccccc2)CC1c1ccc2c(c1)OCO2. The summed E-state index contributed by atoms with van der Waals surface area (Å²) in [7, 11) is 0. The van der Waals surface area contributed by atoms with Gasteiger partial charge in [0, 0.05) is 23.6 Å². The lowest BCUT2D eigenvalue weighted by atomic mass is 9.74. The fraction of sp³-hybridized carbons (Fsp3) is 0.250. The van der Waals surface area contributed by atoms with Crippen LogP contribution in [0.3, 0.4) is 0 Å². The van der Waals surface area contributed by atoms with E-state index < -0.39 is 29.2 Å². The summed E-state index contributed by atoms with van der Waals surface area (Å²) in [5.74, 6) is -1.50. The third-order valence-corrected chi connectivity index (χ3v) is 5.80. The molecule has 1 N–H and O–H groups in total. The van der Waals surface area contributed by atoms with Crippen molar-refractivity contribution in [2.75, 3.05) is 13.4 Å². The number of allylic oxidation sites excluding steroid dienone is 2. The number of carbonyl (C=O) groups excluding carboxylic acids is 2. The Kier molecular flexibility index (Phi) is 5.29.